The van der Waals surface area contributed by atoms with Gasteiger partial charge in [0.2, 0.25) is 5.91 Å². The monoisotopic (exact) mass is 288 g/mol. The number of fused-ring (bicyclic) bond motifs is 2. The van der Waals surface area contributed by atoms with Crippen LogP contribution in [0.1, 0.15) is 25.7 Å². The van der Waals surface area contributed by atoms with Gasteiger partial charge in [-0.3, -0.25) is 14.5 Å². The zero-order valence-electron chi connectivity index (χ0n) is 11.9. The fourth-order valence-electron chi connectivity index (χ4n) is 3.90. The van der Waals surface area contributed by atoms with E-state index in [1.54, 1.807) is 24.3 Å². The van der Waals surface area contributed by atoms with E-state index in [1.807, 2.05) is 0 Å². The number of nitrogens with two attached hydrogens (primary N) is 1. The lowest BCUT2D eigenvalue weighted by atomic mass is 9.87. The molecule has 3 atom stereocenters. The first-order valence-electron chi connectivity index (χ1n) is 7.44. The maximum absolute atomic E-state index is 12.8. The van der Waals surface area contributed by atoms with Crippen molar-refractivity contribution in [3.8, 4) is 0 Å². The van der Waals surface area contributed by atoms with Gasteiger partial charge in [0.1, 0.15) is 6.54 Å². The molecule has 2 aliphatic carbocycles. The van der Waals surface area contributed by atoms with Crippen molar-refractivity contribution in [3.05, 3.63) is 24.3 Å². The Morgan fingerprint density at radius 2 is 2.00 bits per heavy atom. The van der Waals surface area contributed by atoms with Crippen LogP contribution in [0.4, 0.5) is 11.4 Å². The molecule has 0 radical (unpaired) electrons. The van der Waals surface area contributed by atoms with Gasteiger partial charge in [0.25, 0.3) is 0 Å². The molecule has 3 N–H and O–H groups in total. The lowest BCUT2D eigenvalue weighted by Gasteiger charge is -2.29. The lowest BCUT2D eigenvalue weighted by molar-refractivity contribution is -0.137. The van der Waals surface area contributed by atoms with Gasteiger partial charge in [-0.25, -0.2) is 0 Å². The fraction of sp³-hybridized carbons (Fsp3) is 0.500. The van der Waals surface area contributed by atoms with Crippen LogP contribution in [0, 0.1) is 17.8 Å². The van der Waals surface area contributed by atoms with Crippen LogP contribution in [-0.4, -0.2) is 23.5 Å². The molecule has 3 rings (SSSR count). The Morgan fingerprint density at radius 1 is 1.24 bits per heavy atom. The van der Waals surface area contributed by atoms with E-state index in [4.69, 9.17) is 10.8 Å². The Hall–Kier alpha value is -2.04. The number of carboxylic acids is 1. The van der Waals surface area contributed by atoms with Gasteiger partial charge in [-0.2, -0.15) is 0 Å². The highest BCUT2D eigenvalue weighted by Gasteiger charge is 2.45. The van der Waals surface area contributed by atoms with E-state index < -0.39 is 5.97 Å². The average molecular weight is 288 g/mol. The molecule has 0 saturated heterocycles. The molecule has 0 aliphatic heterocycles. The summed E-state index contributed by atoms with van der Waals surface area (Å²) in [5.41, 5.74) is 6.87. The molecule has 0 spiro atoms. The third-order valence-electron chi connectivity index (χ3n) is 4.84. The maximum atomic E-state index is 12.8. The minimum Gasteiger partial charge on any atom is -0.480 e. The van der Waals surface area contributed by atoms with Crippen molar-refractivity contribution in [1.29, 1.82) is 0 Å². The number of amides is 1. The molecule has 21 heavy (non-hydrogen) atoms. The van der Waals surface area contributed by atoms with Crippen molar-refractivity contribution < 1.29 is 14.7 Å². The van der Waals surface area contributed by atoms with Crippen LogP contribution >= 0.6 is 0 Å². The van der Waals surface area contributed by atoms with Gasteiger partial charge in [0, 0.05) is 5.92 Å². The number of benzene rings is 1. The number of carboxylic acid groups (broad SMARTS) is 1. The van der Waals surface area contributed by atoms with Crippen LogP contribution in [0.25, 0.3) is 0 Å². The third kappa shape index (κ3) is 2.60. The number of hydrogen-bond acceptors (Lipinski definition) is 3. The van der Waals surface area contributed by atoms with Crippen molar-refractivity contribution in [1.82, 2.24) is 0 Å². The smallest absolute Gasteiger partial charge is 0.323 e. The number of carbonyl (C=O) groups excluding carboxylic acids is 1. The van der Waals surface area contributed by atoms with Crippen LogP contribution in [0.3, 0.4) is 0 Å². The molecule has 1 aromatic rings. The van der Waals surface area contributed by atoms with Crippen LogP contribution in [0.2, 0.25) is 0 Å². The molecular weight excluding hydrogens is 268 g/mol. The number of aliphatic carboxylic acids is 1. The molecule has 3 unspecified atom stereocenters. The minimum atomic E-state index is -1.02. The summed E-state index contributed by atoms with van der Waals surface area (Å²) < 4.78 is 0. The molecule has 2 bridgehead atoms. The summed E-state index contributed by atoms with van der Waals surface area (Å²) in [7, 11) is 0. The van der Waals surface area contributed by atoms with Gasteiger partial charge >= 0.3 is 5.97 Å². The molecule has 112 valence electrons. The Kier molecular flexibility index (Phi) is 3.57. The summed E-state index contributed by atoms with van der Waals surface area (Å²) in [5.74, 6) is -0.0764. The topological polar surface area (TPSA) is 83.6 Å². The van der Waals surface area contributed by atoms with Crippen LogP contribution < -0.4 is 10.6 Å². The quantitative estimate of drug-likeness (QED) is 0.831. The van der Waals surface area contributed by atoms with E-state index in [0.29, 0.717) is 23.2 Å². The maximum Gasteiger partial charge on any atom is 0.323 e. The number of hydrogen-bond donors (Lipinski definition) is 2. The second-order valence-electron chi connectivity index (χ2n) is 6.16. The van der Waals surface area contributed by atoms with Crippen LogP contribution in [0.5, 0.6) is 0 Å². The van der Waals surface area contributed by atoms with Gasteiger partial charge < -0.3 is 10.8 Å². The van der Waals surface area contributed by atoms with Crippen molar-refractivity contribution >= 4 is 23.3 Å². The molecule has 5 nitrogen and oxygen atoms in total. The predicted molar refractivity (Wildman–Crippen MR) is 79.8 cm³/mol. The summed E-state index contributed by atoms with van der Waals surface area (Å²) in [6.45, 7) is -0.332. The first-order valence-corrected chi connectivity index (χ1v) is 7.44. The lowest BCUT2D eigenvalue weighted by Crippen LogP contribution is -2.41. The molecular formula is C16H20N2O3. The zero-order chi connectivity index (χ0) is 15.0. The third-order valence-corrected chi connectivity index (χ3v) is 4.84. The van der Waals surface area contributed by atoms with E-state index in [2.05, 4.69) is 0 Å². The number of nitrogen functional groups attached to an aromatic ring is 1. The fourth-order valence-corrected chi connectivity index (χ4v) is 3.90. The van der Waals surface area contributed by atoms with E-state index in [1.165, 1.54) is 11.3 Å². The van der Waals surface area contributed by atoms with Crippen molar-refractivity contribution in [2.45, 2.75) is 25.7 Å². The number of rotatable bonds is 4. The Labute approximate surface area is 123 Å². The summed E-state index contributed by atoms with van der Waals surface area (Å²) in [5, 5.41) is 9.12. The summed E-state index contributed by atoms with van der Waals surface area (Å²) in [6.07, 6.45) is 4.31. The normalized spacial score (nSPS) is 26.8. The van der Waals surface area contributed by atoms with Gasteiger partial charge in [-0.15, -0.1) is 0 Å². The Balaban J connectivity index is 1.87. The summed E-state index contributed by atoms with van der Waals surface area (Å²) in [6, 6.07) is 6.95. The highest BCUT2D eigenvalue weighted by Crippen LogP contribution is 2.49. The molecule has 2 aliphatic rings. The molecule has 5 heteroatoms. The number of anilines is 2. The van der Waals surface area contributed by atoms with Gasteiger partial charge in [0.15, 0.2) is 0 Å². The summed E-state index contributed by atoms with van der Waals surface area (Å²) >= 11 is 0. The zero-order valence-corrected chi connectivity index (χ0v) is 11.9. The highest BCUT2D eigenvalue weighted by atomic mass is 16.4. The average Bonchev–Trinajstić information content (AvgIpc) is 3.07. The molecule has 2 fully saturated rings. The van der Waals surface area contributed by atoms with Crippen molar-refractivity contribution in [2.24, 2.45) is 17.8 Å². The molecule has 0 heterocycles. The first-order chi connectivity index (χ1) is 10.1. The largest absolute Gasteiger partial charge is 0.480 e. The van der Waals surface area contributed by atoms with Gasteiger partial charge in [0.05, 0.1) is 11.4 Å². The standard InChI is InChI=1S/C16H20N2O3/c17-13-3-1-2-4-14(13)18(9-15(19)20)16(21)12-8-10-5-6-11(12)7-10/h1-4,10-12H,5-9,17H2,(H,19,20). The Morgan fingerprint density at radius 3 is 2.57 bits per heavy atom. The number of carbonyl (C=O) groups is 2. The van der Waals surface area contributed by atoms with E-state index in [9.17, 15) is 9.59 Å². The summed E-state index contributed by atoms with van der Waals surface area (Å²) in [4.78, 5) is 25.3. The van der Waals surface area contributed by atoms with E-state index in [0.717, 1.165) is 19.3 Å². The van der Waals surface area contributed by atoms with Crippen LogP contribution in [-0.2, 0) is 9.59 Å². The predicted octanol–water partition coefficient (Wildman–Crippen LogP) is 2.12. The van der Waals surface area contributed by atoms with Gasteiger partial charge in [-0.1, -0.05) is 18.6 Å². The molecule has 0 aromatic heterocycles. The second-order valence-corrected chi connectivity index (χ2v) is 6.16. The van der Waals surface area contributed by atoms with E-state index >= 15 is 0 Å². The highest BCUT2D eigenvalue weighted by molar-refractivity contribution is 6.01. The van der Waals surface area contributed by atoms with Gasteiger partial charge in [-0.05, 0) is 43.2 Å². The van der Waals surface area contributed by atoms with Crippen molar-refractivity contribution in [2.75, 3.05) is 17.2 Å². The van der Waals surface area contributed by atoms with E-state index in [-0.39, 0.29) is 18.4 Å². The molecule has 2 saturated carbocycles. The van der Waals surface area contributed by atoms with Crippen LogP contribution in [0.15, 0.2) is 24.3 Å². The Bertz CT molecular complexity index is 572. The number of nitrogens with zero attached hydrogens (tertiary/aromatic N) is 1. The molecule has 1 aromatic carbocycles. The SMILES string of the molecule is Nc1ccccc1N(CC(=O)O)C(=O)C1CC2CCC1C2. The first kappa shape index (κ1) is 13.9. The van der Waals surface area contributed by atoms with Crippen molar-refractivity contribution in [3.63, 3.8) is 0 Å². The second kappa shape index (κ2) is 5.39. The number of para-hydroxylation sites is 2. The minimum absolute atomic E-state index is 0.0392. The molecule has 1 amide bonds.